The minimum Gasteiger partial charge on any atom is -0.302 e. The highest BCUT2D eigenvalue weighted by Gasteiger charge is 2.31. The number of rotatable bonds is 3. The number of alkyl halides is 4. The van der Waals surface area contributed by atoms with E-state index in [1.54, 1.807) is 0 Å². The minimum absolute atomic E-state index is 0.0665. The summed E-state index contributed by atoms with van der Waals surface area (Å²) in [4.78, 5) is 22.1. The van der Waals surface area contributed by atoms with Gasteiger partial charge in [-0.05, 0) is 23.3 Å². The van der Waals surface area contributed by atoms with Crippen LogP contribution in [0.1, 0.15) is 22.4 Å². The van der Waals surface area contributed by atoms with E-state index in [1.165, 1.54) is 6.07 Å². The van der Waals surface area contributed by atoms with Gasteiger partial charge in [-0.15, -0.1) is 0 Å². The summed E-state index contributed by atoms with van der Waals surface area (Å²) in [5, 5.41) is 4.48. The zero-order chi connectivity index (χ0) is 15.6. The van der Waals surface area contributed by atoms with Gasteiger partial charge in [0.15, 0.2) is 0 Å². The second-order valence-electron chi connectivity index (χ2n) is 4.46. The molecule has 2 rings (SSSR count). The molecule has 0 spiro atoms. The number of benzene rings is 1. The van der Waals surface area contributed by atoms with Gasteiger partial charge in [0.25, 0.3) is 0 Å². The predicted molar refractivity (Wildman–Crippen MR) is 66.7 cm³/mol. The minimum atomic E-state index is -4.58. The maximum absolute atomic E-state index is 12.7. The van der Waals surface area contributed by atoms with Crippen molar-refractivity contribution in [3.63, 3.8) is 0 Å². The Morgan fingerprint density at radius 3 is 2.19 bits per heavy atom. The van der Waals surface area contributed by atoms with Crippen molar-refractivity contribution < 1.29 is 17.6 Å². The van der Waals surface area contributed by atoms with Crippen molar-refractivity contribution in [2.45, 2.75) is 19.3 Å². The molecule has 0 radical (unpaired) electrons. The lowest BCUT2D eigenvalue weighted by molar-refractivity contribution is -0.137. The van der Waals surface area contributed by atoms with Crippen molar-refractivity contribution >= 4 is 0 Å². The first-order chi connectivity index (χ1) is 9.79. The molecule has 0 unspecified atom stereocenters. The third-order valence-corrected chi connectivity index (χ3v) is 2.79. The van der Waals surface area contributed by atoms with Crippen molar-refractivity contribution in [2.24, 2.45) is 0 Å². The van der Waals surface area contributed by atoms with Crippen LogP contribution < -0.4 is 11.0 Å². The van der Waals surface area contributed by atoms with Crippen LogP contribution >= 0.6 is 0 Å². The van der Waals surface area contributed by atoms with Crippen molar-refractivity contribution in [1.29, 1.82) is 0 Å². The number of aromatic nitrogens is 2. The van der Waals surface area contributed by atoms with Crippen molar-refractivity contribution in [1.82, 2.24) is 10.2 Å². The summed E-state index contributed by atoms with van der Waals surface area (Å²) in [6, 6.07) is 3.88. The van der Waals surface area contributed by atoms with Gasteiger partial charge in [0.05, 0.1) is 5.56 Å². The lowest BCUT2D eigenvalue weighted by atomic mass is 10.0. The molecular weight excluding hydrogens is 292 g/mol. The molecule has 1 heterocycles. The Kier molecular flexibility index (Phi) is 3.97. The second kappa shape index (κ2) is 5.55. The van der Waals surface area contributed by atoms with Gasteiger partial charge in [0.1, 0.15) is 6.67 Å². The SMILES string of the molecule is O=c1cc(Cc2cc(CF)cc(C(F)(F)F)c2)[nH][nH]c1=O. The molecule has 2 aromatic rings. The van der Waals surface area contributed by atoms with Crippen molar-refractivity contribution in [2.75, 3.05) is 0 Å². The Bertz CT molecular complexity index is 762. The fraction of sp³-hybridized carbons (Fsp3) is 0.231. The molecule has 0 aliphatic rings. The second-order valence-corrected chi connectivity index (χ2v) is 4.46. The number of aromatic amines is 2. The first-order valence-corrected chi connectivity index (χ1v) is 5.86. The van der Waals surface area contributed by atoms with Crippen LogP contribution in [0.5, 0.6) is 0 Å². The fourth-order valence-electron chi connectivity index (χ4n) is 1.88. The summed E-state index contributed by atoms with van der Waals surface area (Å²) in [7, 11) is 0. The van der Waals surface area contributed by atoms with Gasteiger partial charge in [-0.25, -0.2) is 4.39 Å². The highest BCUT2D eigenvalue weighted by atomic mass is 19.4. The van der Waals surface area contributed by atoms with Crippen LogP contribution in [-0.4, -0.2) is 10.2 Å². The van der Waals surface area contributed by atoms with E-state index in [1.807, 2.05) is 0 Å². The number of hydrogen-bond donors (Lipinski definition) is 2. The van der Waals surface area contributed by atoms with Gasteiger partial charge >= 0.3 is 11.7 Å². The molecule has 0 atom stereocenters. The molecule has 1 aromatic carbocycles. The molecule has 2 N–H and O–H groups in total. The Balaban J connectivity index is 2.41. The number of nitrogens with one attached hydrogen (secondary N) is 2. The van der Waals surface area contributed by atoms with Crippen molar-refractivity contribution in [3.8, 4) is 0 Å². The lowest BCUT2D eigenvalue weighted by Gasteiger charge is -2.11. The van der Waals surface area contributed by atoms with Crippen LogP contribution in [-0.2, 0) is 19.3 Å². The van der Waals surface area contributed by atoms with E-state index in [0.29, 0.717) is 0 Å². The highest BCUT2D eigenvalue weighted by Crippen LogP contribution is 2.31. The first-order valence-electron chi connectivity index (χ1n) is 5.86. The Hall–Kier alpha value is -2.38. The highest BCUT2D eigenvalue weighted by molar-refractivity contribution is 5.33. The van der Waals surface area contributed by atoms with Crippen LogP contribution in [0.15, 0.2) is 33.9 Å². The molecule has 1 aromatic heterocycles. The van der Waals surface area contributed by atoms with Gasteiger partial charge in [0.2, 0.25) is 5.43 Å². The number of halogens is 4. The van der Waals surface area contributed by atoms with E-state index in [4.69, 9.17) is 0 Å². The smallest absolute Gasteiger partial charge is 0.302 e. The lowest BCUT2D eigenvalue weighted by Crippen LogP contribution is -2.27. The number of hydrogen-bond acceptors (Lipinski definition) is 2. The standard InChI is InChI=1S/C13H10F4N2O2/c14-6-8-1-7(2-9(3-8)13(15,16)17)4-10-5-11(20)12(21)19-18-10/h1-3,5H,4,6H2,(H,18,20)(H,19,21). The van der Waals surface area contributed by atoms with Crippen LogP contribution in [0, 0.1) is 0 Å². The normalized spacial score (nSPS) is 11.6. The first kappa shape index (κ1) is 15.0. The topological polar surface area (TPSA) is 65.7 Å². The summed E-state index contributed by atoms with van der Waals surface area (Å²) in [6.07, 6.45) is -4.65. The third kappa shape index (κ3) is 3.59. The molecule has 0 bridgehead atoms. The summed E-state index contributed by atoms with van der Waals surface area (Å²) in [5.74, 6) is 0. The van der Waals surface area contributed by atoms with Crippen LogP contribution in [0.3, 0.4) is 0 Å². The summed E-state index contributed by atoms with van der Waals surface area (Å²) >= 11 is 0. The largest absolute Gasteiger partial charge is 0.416 e. The summed E-state index contributed by atoms with van der Waals surface area (Å²) < 4.78 is 50.8. The molecule has 21 heavy (non-hydrogen) atoms. The molecule has 0 aliphatic heterocycles. The van der Waals surface area contributed by atoms with Gasteiger partial charge in [-0.2, -0.15) is 13.2 Å². The average Bonchev–Trinajstić information content (AvgIpc) is 2.41. The van der Waals surface area contributed by atoms with E-state index in [0.717, 1.165) is 18.2 Å². The van der Waals surface area contributed by atoms with E-state index in [-0.39, 0.29) is 23.2 Å². The molecule has 0 saturated heterocycles. The molecule has 0 amide bonds. The predicted octanol–water partition coefficient (Wildman–Crippen LogP) is 2.14. The maximum Gasteiger partial charge on any atom is 0.416 e. The monoisotopic (exact) mass is 302 g/mol. The Labute approximate surface area is 115 Å². The zero-order valence-electron chi connectivity index (χ0n) is 10.6. The molecule has 0 saturated carbocycles. The van der Waals surface area contributed by atoms with Gasteiger partial charge in [-0.1, -0.05) is 6.07 Å². The molecular formula is C13H10F4N2O2. The summed E-state index contributed by atoms with van der Waals surface area (Å²) in [6.45, 7) is -1.03. The van der Waals surface area contributed by atoms with Crippen LogP contribution in [0.2, 0.25) is 0 Å². The van der Waals surface area contributed by atoms with Crippen LogP contribution in [0.4, 0.5) is 17.6 Å². The number of H-pyrrole nitrogens is 2. The molecule has 4 nitrogen and oxygen atoms in total. The fourth-order valence-corrected chi connectivity index (χ4v) is 1.88. The molecule has 0 fully saturated rings. The van der Waals surface area contributed by atoms with Gasteiger partial charge in [0, 0.05) is 18.2 Å². The van der Waals surface area contributed by atoms with E-state index in [2.05, 4.69) is 10.2 Å². The quantitative estimate of drug-likeness (QED) is 0.674. The third-order valence-electron chi connectivity index (χ3n) is 2.79. The Morgan fingerprint density at radius 2 is 1.62 bits per heavy atom. The molecule has 0 aliphatic carbocycles. The van der Waals surface area contributed by atoms with E-state index < -0.39 is 29.4 Å². The maximum atomic E-state index is 12.7. The van der Waals surface area contributed by atoms with Gasteiger partial charge in [-0.3, -0.25) is 14.7 Å². The zero-order valence-corrected chi connectivity index (χ0v) is 10.6. The van der Waals surface area contributed by atoms with E-state index in [9.17, 15) is 27.2 Å². The van der Waals surface area contributed by atoms with Crippen LogP contribution in [0.25, 0.3) is 0 Å². The Morgan fingerprint density at radius 1 is 0.952 bits per heavy atom. The molecule has 8 heteroatoms. The van der Waals surface area contributed by atoms with Gasteiger partial charge < -0.3 is 5.10 Å². The van der Waals surface area contributed by atoms with Crippen molar-refractivity contribution in [3.05, 3.63) is 67.2 Å². The molecule has 112 valence electrons. The summed E-state index contributed by atoms with van der Waals surface area (Å²) in [5.41, 5.74) is -2.32. The van der Waals surface area contributed by atoms with E-state index >= 15 is 0 Å². The average molecular weight is 302 g/mol.